The third kappa shape index (κ3) is 5.62. The molecule has 9 nitrogen and oxygen atoms in total. The molecule has 2 saturated heterocycles. The maximum atomic E-state index is 13.5. The summed E-state index contributed by atoms with van der Waals surface area (Å²) in [5.41, 5.74) is 8.56. The van der Waals surface area contributed by atoms with Gasteiger partial charge in [-0.15, -0.1) is 0 Å². The minimum Gasteiger partial charge on any atom is -0.480 e. The van der Waals surface area contributed by atoms with Gasteiger partial charge >= 0.3 is 5.97 Å². The Balaban J connectivity index is 0.000000401. The van der Waals surface area contributed by atoms with Gasteiger partial charge in [-0.1, -0.05) is 22.9 Å². The molecule has 7 N–H and O–H groups in total. The number of rotatable bonds is 5. The van der Waals surface area contributed by atoms with Crippen molar-refractivity contribution in [3.63, 3.8) is 0 Å². The van der Waals surface area contributed by atoms with Crippen molar-refractivity contribution in [2.45, 2.75) is 12.8 Å². The summed E-state index contributed by atoms with van der Waals surface area (Å²) in [5, 5.41) is 16.8. The number of hydrazine groups is 1. The molecule has 0 bridgehead atoms. The molecule has 1 spiro atoms. The number of piperidine rings is 1. The van der Waals surface area contributed by atoms with Gasteiger partial charge in [0.2, 0.25) is 0 Å². The third-order valence-electron chi connectivity index (χ3n) is 5.41. The van der Waals surface area contributed by atoms with Crippen molar-refractivity contribution in [1.29, 1.82) is 5.41 Å². The minimum absolute atomic E-state index is 0.0684. The Labute approximate surface area is 188 Å². The number of nitrogens with one attached hydrogen (secondary N) is 2. The van der Waals surface area contributed by atoms with Crippen molar-refractivity contribution in [1.82, 2.24) is 10.4 Å². The van der Waals surface area contributed by atoms with E-state index in [9.17, 15) is 9.18 Å². The number of hydrogen-bond donors (Lipinski definition) is 5. The average molecular weight is 470 g/mol. The highest BCUT2D eigenvalue weighted by atomic mass is 35.5. The van der Waals surface area contributed by atoms with Crippen LogP contribution in [-0.4, -0.2) is 54.6 Å². The molecule has 0 unspecified atom stereocenters. The highest BCUT2D eigenvalue weighted by molar-refractivity contribution is 7.17. The van der Waals surface area contributed by atoms with Crippen molar-refractivity contribution in [3.8, 4) is 0 Å². The Bertz CT molecular complexity index is 941. The molecule has 1 aromatic carbocycles. The van der Waals surface area contributed by atoms with Crippen LogP contribution in [0.4, 0.5) is 15.2 Å². The number of amidine groups is 1. The smallest absolute Gasteiger partial charge is 0.318 e. The molecule has 1 aromatic heterocycles. The topological polar surface area (TPSA) is 145 Å². The number of anilines is 2. The lowest BCUT2D eigenvalue weighted by Crippen LogP contribution is -2.60. The summed E-state index contributed by atoms with van der Waals surface area (Å²) in [6.07, 6.45) is 3.82. The summed E-state index contributed by atoms with van der Waals surface area (Å²) in [6, 6.07) is 4.53. The molecule has 4 rings (SSSR count). The lowest BCUT2D eigenvalue weighted by Gasteiger charge is -2.55. The van der Waals surface area contributed by atoms with Crippen molar-refractivity contribution >= 4 is 45.6 Å². The van der Waals surface area contributed by atoms with Crippen LogP contribution in [0, 0.1) is 16.6 Å². The zero-order valence-electron chi connectivity index (χ0n) is 16.8. The standard InChI is InChI=1S/C17H19ClFN5S.C2H6N2O2/c18-12-2-1-11(19)7-13(12)24-9-17(10-24)3-5-23(6-4-17)16-22-8-14(25-16)15(20)21;3-4-1-2(5)6/h1-2,7-8H,3-6,9-10H2,(H3,20,21);4H,1,3H2,(H,5,6). The molecule has 0 amide bonds. The van der Waals surface area contributed by atoms with Gasteiger partial charge in [0.1, 0.15) is 18.2 Å². The number of carboxylic acids is 1. The molecule has 0 atom stereocenters. The molecule has 2 fully saturated rings. The van der Waals surface area contributed by atoms with E-state index < -0.39 is 5.97 Å². The number of nitrogens with zero attached hydrogens (tertiary/aromatic N) is 3. The lowest BCUT2D eigenvalue weighted by atomic mass is 9.72. The second kappa shape index (κ2) is 9.77. The number of halogens is 2. The van der Waals surface area contributed by atoms with E-state index >= 15 is 0 Å². The Kier molecular flexibility index (Phi) is 7.31. The van der Waals surface area contributed by atoms with E-state index in [1.807, 2.05) is 5.43 Å². The normalized spacial score (nSPS) is 17.0. The first-order valence-corrected chi connectivity index (χ1v) is 10.8. The quantitative estimate of drug-likeness (QED) is 0.193. The van der Waals surface area contributed by atoms with Crippen LogP contribution in [0.3, 0.4) is 0 Å². The molecule has 12 heteroatoms. The molecule has 0 saturated carbocycles. The van der Waals surface area contributed by atoms with Crippen LogP contribution in [0.25, 0.3) is 0 Å². The van der Waals surface area contributed by atoms with Gasteiger partial charge < -0.3 is 20.6 Å². The van der Waals surface area contributed by atoms with E-state index in [-0.39, 0.29) is 23.6 Å². The molecule has 2 aromatic rings. The van der Waals surface area contributed by atoms with Crippen LogP contribution in [0.2, 0.25) is 5.02 Å². The zero-order chi connectivity index (χ0) is 22.6. The molecular formula is C19H25ClFN7O2S. The van der Waals surface area contributed by atoms with Crippen LogP contribution in [0.1, 0.15) is 17.7 Å². The predicted octanol–water partition coefficient (Wildman–Crippen LogP) is 1.86. The third-order valence-corrected chi connectivity index (χ3v) is 6.82. The van der Waals surface area contributed by atoms with E-state index in [1.165, 1.54) is 23.5 Å². The fourth-order valence-corrected chi connectivity index (χ4v) is 4.84. The van der Waals surface area contributed by atoms with Gasteiger partial charge in [-0.3, -0.25) is 16.0 Å². The van der Waals surface area contributed by atoms with Crippen molar-refractivity contribution in [2.24, 2.45) is 17.0 Å². The highest BCUT2D eigenvalue weighted by Gasteiger charge is 2.45. The van der Waals surface area contributed by atoms with Gasteiger partial charge in [0.15, 0.2) is 5.13 Å². The maximum absolute atomic E-state index is 13.5. The Morgan fingerprint density at radius 2 is 2.03 bits per heavy atom. The van der Waals surface area contributed by atoms with Crippen molar-refractivity contribution in [3.05, 3.63) is 40.1 Å². The minimum atomic E-state index is -0.947. The summed E-state index contributed by atoms with van der Waals surface area (Å²) in [6.45, 7) is 3.53. The number of carbonyl (C=O) groups is 1. The molecule has 0 aliphatic carbocycles. The number of carboxylic acid groups (broad SMARTS) is 1. The first kappa shape index (κ1) is 23.2. The van der Waals surface area contributed by atoms with Gasteiger partial charge in [-0.05, 0) is 31.0 Å². The highest BCUT2D eigenvalue weighted by Crippen LogP contribution is 2.45. The summed E-state index contributed by atoms with van der Waals surface area (Å²) in [4.78, 5) is 19.0. The number of nitrogens with two attached hydrogens (primary N) is 2. The summed E-state index contributed by atoms with van der Waals surface area (Å²) in [5.74, 6) is 3.47. The van der Waals surface area contributed by atoms with Gasteiger partial charge in [0.25, 0.3) is 0 Å². The molecule has 0 radical (unpaired) electrons. The first-order valence-electron chi connectivity index (χ1n) is 9.63. The average Bonchev–Trinajstić information content (AvgIpc) is 3.19. The summed E-state index contributed by atoms with van der Waals surface area (Å²) in [7, 11) is 0. The van der Waals surface area contributed by atoms with Crippen molar-refractivity contribution < 1.29 is 14.3 Å². The van der Waals surface area contributed by atoms with E-state index in [0.29, 0.717) is 9.90 Å². The first-order chi connectivity index (χ1) is 14.7. The Hall–Kier alpha value is -2.47. The number of aromatic nitrogens is 1. The molecule has 2 aliphatic rings. The van der Waals surface area contributed by atoms with E-state index in [0.717, 1.165) is 49.8 Å². The van der Waals surface area contributed by atoms with Gasteiger partial charge in [0.05, 0.1) is 21.8 Å². The van der Waals surface area contributed by atoms with Crippen LogP contribution in [0.15, 0.2) is 24.4 Å². The number of hydrogen-bond acceptors (Lipinski definition) is 8. The fraction of sp³-hybridized carbons (Fsp3) is 0.421. The molecule has 168 valence electrons. The van der Waals surface area contributed by atoms with Crippen LogP contribution in [-0.2, 0) is 4.79 Å². The van der Waals surface area contributed by atoms with E-state index in [1.54, 1.807) is 12.3 Å². The van der Waals surface area contributed by atoms with Crippen molar-refractivity contribution in [2.75, 3.05) is 42.5 Å². The van der Waals surface area contributed by atoms with Crippen LogP contribution in [0.5, 0.6) is 0 Å². The summed E-state index contributed by atoms with van der Waals surface area (Å²) < 4.78 is 13.5. The second-order valence-corrected chi connectivity index (χ2v) is 9.05. The van der Waals surface area contributed by atoms with Gasteiger partial charge in [-0.25, -0.2) is 14.8 Å². The van der Waals surface area contributed by atoms with Gasteiger partial charge in [0, 0.05) is 31.6 Å². The largest absolute Gasteiger partial charge is 0.480 e. The number of nitrogen functional groups attached to an aromatic ring is 1. The maximum Gasteiger partial charge on any atom is 0.318 e. The number of thiazole rings is 1. The van der Waals surface area contributed by atoms with E-state index in [2.05, 4.69) is 20.6 Å². The lowest BCUT2D eigenvalue weighted by molar-refractivity contribution is -0.135. The Morgan fingerprint density at radius 1 is 1.35 bits per heavy atom. The summed E-state index contributed by atoms with van der Waals surface area (Å²) >= 11 is 7.68. The Morgan fingerprint density at radius 3 is 2.55 bits per heavy atom. The molecule has 2 aliphatic heterocycles. The second-order valence-electron chi connectivity index (χ2n) is 7.63. The number of aliphatic carboxylic acids is 1. The SMILES string of the molecule is N=C(N)c1cnc(N2CCC3(CC2)CN(c2cc(F)ccc2Cl)C3)s1.NNCC(=O)O. The molecular weight excluding hydrogens is 445 g/mol. The molecule has 31 heavy (non-hydrogen) atoms. The number of benzene rings is 1. The molecule has 3 heterocycles. The predicted molar refractivity (Wildman–Crippen MR) is 120 cm³/mol. The zero-order valence-corrected chi connectivity index (χ0v) is 18.3. The van der Waals surface area contributed by atoms with Crippen LogP contribution >= 0.6 is 22.9 Å². The monoisotopic (exact) mass is 469 g/mol. The van der Waals surface area contributed by atoms with E-state index in [4.69, 9.17) is 27.9 Å². The fourth-order valence-electron chi connectivity index (χ4n) is 3.77. The van der Waals surface area contributed by atoms with Gasteiger partial charge in [-0.2, -0.15) is 0 Å². The van der Waals surface area contributed by atoms with Crippen LogP contribution < -0.4 is 26.8 Å².